The highest BCUT2D eigenvalue weighted by molar-refractivity contribution is 6.35. The molecule has 1 saturated carbocycles. The third-order valence-corrected chi connectivity index (χ3v) is 4.60. The second-order valence-corrected chi connectivity index (χ2v) is 6.33. The molecule has 19 heavy (non-hydrogen) atoms. The summed E-state index contributed by atoms with van der Waals surface area (Å²) in [5.41, 5.74) is 1.18. The molecule has 0 aliphatic heterocycles. The van der Waals surface area contributed by atoms with E-state index >= 15 is 0 Å². The van der Waals surface area contributed by atoms with Gasteiger partial charge < -0.3 is 5.32 Å². The van der Waals surface area contributed by atoms with Crippen molar-refractivity contribution in [3.63, 3.8) is 0 Å². The van der Waals surface area contributed by atoms with Crippen LogP contribution in [0.3, 0.4) is 0 Å². The minimum absolute atomic E-state index is 0.341. The highest BCUT2D eigenvalue weighted by Crippen LogP contribution is 2.29. The van der Waals surface area contributed by atoms with E-state index in [2.05, 4.69) is 18.3 Å². The summed E-state index contributed by atoms with van der Waals surface area (Å²) in [6.07, 6.45) is 9.11. The minimum atomic E-state index is 0.341. The summed E-state index contributed by atoms with van der Waals surface area (Å²) in [5.74, 6) is 0. The van der Waals surface area contributed by atoms with Crippen molar-refractivity contribution in [1.82, 2.24) is 5.32 Å². The Bertz CT molecular complexity index is 398. The Kier molecular flexibility index (Phi) is 6.00. The van der Waals surface area contributed by atoms with Crippen molar-refractivity contribution in [3.05, 3.63) is 33.8 Å². The standard InChI is InChI=1S/C16H23Cl2N/c1-2-16(14-10-9-12(17)11-15(14)18)19-13-7-5-3-4-6-8-13/h9-11,13,16,19H,2-8H2,1H3. The summed E-state index contributed by atoms with van der Waals surface area (Å²) in [4.78, 5) is 0. The topological polar surface area (TPSA) is 12.0 Å². The van der Waals surface area contributed by atoms with Gasteiger partial charge in [-0.1, -0.05) is 61.9 Å². The number of hydrogen-bond donors (Lipinski definition) is 1. The van der Waals surface area contributed by atoms with E-state index in [1.165, 1.54) is 44.1 Å². The predicted octanol–water partition coefficient (Wildman–Crippen LogP) is 5.76. The summed E-state index contributed by atoms with van der Waals surface area (Å²) in [6, 6.07) is 6.81. The van der Waals surface area contributed by atoms with Crippen molar-refractivity contribution in [3.8, 4) is 0 Å². The molecule has 1 aromatic rings. The van der Waals surface area contributed by atoms with Gasteiger partial charge in [0.2, 0.25) is 0 Å². The lowest BCUT2D eigenvalue weighted by molar-refractivity contribution is 0.392. The van der Waals surface area contributed by atoms with Crippen LogP contribution in [0.1, 0.15) is 63.5 Å². The third kappa shape index (κ3) is 4.37. The number of nitrogens with one attached hydrogen (secondary N) is 1. The zero-order valence-corrected chi connectivity index (χ0v) is 13.1. The van der Waals surface area contributed by atoms with Crippen molar-refractivity contribution in [2.24, 2.45) is 0 Å². The van der Waals surface area contributed by atoms with Crippen LogP contribution in [-0.2, 0) is 0 Å². The van der Waals surface area contributed by atoms with Gasteiger partial charge in [0.15, 0.2) is 0 Å². The van der Waals surface area contributed by atoms with Crippen molar-refractivity contribution in [2.45, 2.75) is 64.0 Å². The maximum atomic E-state index is 6.33. The average molecular weight is 300 g/mol. The van der Waals surface area contributed by atoms with Gasteiger partial charge in [0, 0.05) is 22.1 Å². The predicted molar refractivity (Wildman–Crippen MR) is 84.1 cm³/mol. The summed E-state index contributed by atoms with van der Waals surface area (Å²) in [6.45, 7) is 2.21. The normalized spacial score (nSPS) is 19.1. The van der Waals surface area contributed by atoms with Gasteiger partial charge in [0.1, 0.15) is 0 Å². The number of benzene rings is 1. The molecule has 1 nitrogen and oxygen atoms in total. The van der Waals surface area contributed by atoms with Crippen LogP contribution >= 0.6 is 23.2 Å². The number of rotatable bonds is 4. The second-order valence-electron chi connectivity index (χ2n) is 5.48. The first-order valence-corrected chi connectivity index (χ1v) is 8.17. The molecular formula is C16H23Cl2N. The lowest BCUT2D eigenvalue weighted by atomic mass is 10.0. The van der Waals surface area contributed by atoms with Crippen LogP contribution in [0.25, 0.3) is 0 Å². The molecule has 1 N–H and O–H groups in total. The van der Waals surface area contributed by atoms with E-state index in [4.69, 9.17) is 23.2 Å². The van der Waals surface area contributed by atoms with E-state index in [0.29, 0.717) is 17.1 Å². The van der Waals surface area contributed by atoms with E-state index in [9.17, 15) is 0 Å². The van der Waals surface area contributed by atoms with E-state index in [1.807, 2.05) is 12.1 Å². The molecule has 0 saturated heterocycles. The van der Waals surface area contributed by atoms with Gasteiger partial charge in [-0.15, -0.1) is 0 Å². The summed E-state index contributed by atoms with van der Waals surface area (Å²) >= 11 is 12.3. The zero-order chi connectivity index (χ0) is 13.7. The first-order chi connectivity index (χ1) is 9.20. The first-order valence-electron chi connectivity index (χ1n) is 7.41. The van der Waals surface area contributed by atoms with Crippen LogP contribution < -0.4 is 5.32 Å². The Balaban J connectivity index is 2.06. The average Bonchev–Trinajstić information content (AvgIpc) is 2.65. The molecule has 3 heteroatoms. The van der Waals surface area contributed by atoms with E-state index in [-0.39, 0.29) is 0 Å². The molecule has 1 aliphatic rings. The van der Waals surface area contributed by atoms with Crippen LogP contribution in [0.5, 0.6) is 0 Å². The van der Waals surface area contributed by atoms with Crippen LogP contribution in [0.4, 0.5) is 0 Å². The lowest BCUT2D eigenvalue weighted by Crippen LogP contribution is -2.32. The Morgan fingerprint density at radius 2 is 1.84 bits per heavy atom. The van der Waals surface area contributed by atoms with Crippen molar-refractivity contribution >= 4 is 23.2 Å². The highest BCUT2D eigenvalue weighted by Gasteiger charge is 2.19. The van der Waals surface area contributed by atoms with E-state index in [0.717, 1.165) is 11.4 Å². The van der Waals surface area contributed by atoms with Gasteiger partial charge >= 0.3 is 0 Å². The smallest absolute Gasteiger partial charge is 0.0468 e. The van der Waals surface area contributed by atoms with Gasteiger partial charge in [-0.2, -0.15) is 0 Å². The molecule has 1 aliphatic carbocycles. The zero-order valence-electron chi connectivity index (χ0n) is 11.6. The second kappa shape index (κ2) is 7.52. The molecule has 2 rings (SSSR count). The van der Waals surface area contributed by atoms with Crippen LogP contribution in [-0.4, -0.2) is 6.04 Å². The molecule has 106 valence electrons. The fourth-order valence-electron chi connectivity index (χ4n) is 2.94. The maximum absolute atomic E-state index is 6.33. The Morgan fingerprint density at radius 1 is 1.16 bits per heavy atom. The Morgan fingerprint density at radius 3 is 2.42 bits per heavy atom. The van der Waals surface area contributed by atoms with Gasteiger partial charge in [0.05, 0.1) is 0 Å². The lowest BCUT2D eigenvalue weighted by Gasteiger charge is -2.25. The molecule has 0 aromatic heterocycles. The van der Waals surface area contributed by atoms with E-state index in [1.54, 1.807) is 0 Å². The van der Waals surface area contributed by atoms with Crippen molar-refractivity contribution in [1.29, 1.82) is 0 Å². The largest absolute Gasteiger partial charge is 0.307 e. The van der Waals surface area contributed by atoms with Crippen LogP contribution in [0, 0.1) is 0 Å². The Labute approximate surface area is 126 Å². The van der Waals surface area contributed by atoms with Crippen molar-refractivity contribution in [2.75, 3.05) is 0 Å². The van der Waals surface area contributed by atoms with Gasteiger partial charge in [-0.3, -0.25) is 0 Å². The van der Waals surface area contributed by atoms with Gasteiger partial charge in [-0.25, -0.2) is 0 Å². The fourth-order valence-corrected chi connectivity index (χ4v) is 3.48. The molecule has 1 unspecified atom stereocenters. The van der Waals surface area contributed by atoms with Gasteiger partial charge in [-0.05, 0) is 37.0 Å². The molecule has 1 atom stereocenters. The molecule has 0 heterocycles. The molecule has 1 aromatic carbocycles. The SMILES string of the molecule is CCC(NC1CCCCCC1)c1ccc(Cl)cc1Cl. The fraction of sp³-hybridized carbons (Fsp3) is 0.625. The first kappa shape index (κ1) is 15.2. The number of hydrogen-bond acceptors (Lipinski definition) is 1. The van der Waals surface area contributed by atoms with Crippen LogP contribution in [0.2, 0.25) is 10.0 Å². The molecule has 1 fully saturated rings. The number of halogens is 2. The summed E-state index contributed by atoms with van der Waals surface area (Å²) < 4.78 is 0. The molecule has 0 spiro atoms. The molecule has 0 amide bonds. The minimum Gasteiger partial charge on any atom is -0.307 e. The monoisotopic (exact) mass is 299 g/mol. The third-order valence-electron chi connectivity index (χ3n) is 4.04. The van der Waals surface area contributed by atoms with Gasteiger partial charge in [0.25, 0.3) is 0 Å². The highest BCUT2D eigenvalue weighted by atomic mass is 35.5. The maximum Gasteiger partial charge on any atom is 0.0468 e. The molecule has 0 bridgehead atoms. The summed E-state index contributed by atoms with van der Waals surface area (Å²) in [5, 5.41) is 5.28. The summed E-state index contributed by atoms with van der Waals surface area (Å²) in [7, 11) is 0. The van der Waals surface area contributed by atoms with Crippen molar-refractivity contribution < 1.29 is 0 Å². The van der Waals surface area contributed by atoms with E-state index < -0.39 is 0 Å². The molecular weight excluding hydrogens is 277 g/mol. The molecule has 0 radical (unpaired) electrons. The van der Waals surface area contributed by atoms with Crippen LogP contribution in [0.15, 0.2) is 18.2 Å². The Hall–Kier alpha value is -0.240. The quantitative estimate of drug-likeness (QED) is 0.697.